The molecule has 0 unspecified atom stereocenters. The van der Waals surface area contributed by atoms with Gasteiger partial charge in [0.1, 0.15) is 18.2 Å². The molecule has 0 spiro atoms. The van der Waals surface area contributed by atoms with Crippen molar-refractivity contribution in [1.82, 2.24) is 9.66 Å². The monoisotopic (exact) mass is 523 g/mol. The molecule has 34 heavy (non-hydrogen) atoms. The molecule has 0 fully saturated rings. The number of nitrogens with zero attached hydrogens (tertiary/aromatic N) is 3. The summed E-state index contributed by atoms with van der Waals surface area (Å²) in [7, 11) is 1.54. The summed E-state index contributed by atoms with van der Waals surface area (Å²) in [6.07, 6.45) is 1.58. The molecule has 0 radical (unpaired) electrons. The zero-order valence-corrected chi connectivity index (χ0v) is 20.5. The van der Waals surface area contributed by atoms with Crippen LogP contribution in [0.15, 0.2) is 75.0 Å². The van der Waals surface area contributed by atoms with E-state index in [2.05, 4.69) is 26.0 Å². The fourth-order valence-electron chi connectivity index (χ4n) is 3.45. The number of hydrogen-bond acceptors (Lipinski definition) is 5. The maximum absolute atomic E-state index is 13.4. The number of benzene rings is 3. The number of fused-ring (bicyclic) bond motifs is 1. The molecule has 1 aromatic heterocycles. The van der Waals surface area contributed by atoms with Crippen molar-refractivity contribution in [3.63, 3.8) is 0 Å². The lowest BCUT2D eigenvalue weighted by molar-refractivity contribution is 0.284. The van der Waals surface area contributed by atoms with Crippen LogP contribution in [-0.4, -0.2) is 23.0 Å². The molecule has 0 N–H and O–H groups in total. The zero-order chi connectivity index (χ0) is 24.2. The molecular weight excluding hydrogens is 501 g/mol. The number of rotatable bonds is 7. The number of hydrogen-bond donors (Lipinski definition) is 0. The molecule has 0 aliphatic heterocycles. The van der Waals surface area contributed by atoms with Gasteiger partial charge in [-0.15, -0.1) is 0 Å². The van der Waals surface area contributed by atoms with E-state index >= 15 is 0 Å². The van der Waals surface area contributed by atoms with Gasteiger partial charge in [-0.05, 0) is 59.7 Å². The van der Waals surface area contributed by atoms with Gasteiger partial charge in [-0.25, -0.2) is 9.37 Å². The van der Waals surface area contributed by atoms with Gasteiger partial charge in [0.2, 0.25) is 0 Å². The second kappa shape index (κ2) is 10.2. The number of halogens is 2. The van der Waals surface area contributed by atoms with Crippen LogP contribution in [0, 0.1) is 5.82 Å². The first-order valence-corrected chi connectivity index (χ1v) is 11.5. The fourth-order valence-corrected chi connectivity index (χ4v) is 3.81. The summed E-state index contributed by atoms with van der Waals surface area (Å²) in [4.78, 5) is 17.8. The van der Waals surface area contributed by atoms with Crippen molar-refractivity contribution in [3.8, 4) is 11.5 Å². The van der Waals surface area contributed by atoms with Crippen LogP contribution in [-0.2, 0) is 6.61 Å². The normalized spacial score (nSPS) is 11.5. The molecule has 6 nitrogen and oxygen atoms in total. The first-order valence-electron chi connectivity index (χ1n) is 10.7. The minimum absolute atomic E-state index is 0.00830. The van der Waals surface area contributed by atoms with E-state index in [1.807, 2.05) is 26.0 Å². The van der Waals surface area contributed by atoms with Crippen molar-refractivity contribution < 1.29 is 13.9 Å². The zero-order valence-electron chi connectivity index (χ0n) is 19.0. The molecule has 174 valence electrons. The molecule has 0 aliphatic rings. The average Bonchev–Trinajstić information content (AvgIpc) is 2.82. The standard InChI is InChI=1S/C26H23BrFN3O3/c1-16(2)25-30-22-9-8-19(27)13-21(22)26(32)31(25)29-14-17-7-10-23(24(12-17)33-3)34-15-18-5-4-6-20(28)11-18/h4-14,16H,15H2,1-3H3. The Morgan fingerprint density at radius 3 is 2.68 bits per heavy atom. The summed E-state index contributed by atoms with van der Waals surface area (Å²) in [6, 6.07) is 17.0. The Labute approximate surface area is 204 Å². The molecule has 1 heterocycles. The van der Waals surface area contributed by atoms with E-state index in [1.165, 1.54) is 23.9 Å². The Morgan fingerprint density at radius 2 is 1.94 bits per heavy atom. The van der Waals surface area contributed by atoms with Gasteiger partial charge >= 0.3 is 0 Å². The van der Waals surface area contributed by atoms with Crippen LogP contribution in [0.4, 0.5) is 4.39 Å². The van der Waals surface area contributed by atoms with Crippen molar-refractivity contribution in [2.24, 2.45) is 5.10 Å². The van der Waals surface area contributed by atoms with Gasteiger partial charge in [0, 0.05) is 10.4 Å². The number of aromatic nitrogens is 2. The molecule has 3 aromatic carbocycles. The van der Waals surface area contributed by atoms with E-state index in [1.54, 1.807) is 42.6 Å². The molecule has 4 aromatic rings. The average molecular weight is 524 g/mol. The molecule has 0 amide bonds. The first-order chi connectivity index (χ1) is 16.4. The number of ether oxygens (including phenoxy) is 2. The fraction of sp³-hybridized carbons (Fsp3) is 0.192. The maximum Gasteiger partial charge on any atom is 0.282 e. The van der Waals surface area contributed by atoms with Gasteiger partial charge in [0.15, 0.2) is 11.5 Å². The Hall–Kier alpha value is -3.52. The van der Waals surface area contributed by atoms with E-state index in [-0.39, 0.29) is 23.9 Å². The Morgan fingerprint density at radius 1 is 1.12 bits per heavy atom. The number of methoxy groups -OCH3 is 1. The maximum atomic E-state index is 13.4. The quantitative estimate of drug-likeness (QED) is 0.283. The van der Waals surface area contributed by atoms with Crippen LogP contribution < -0.4 is 15.0 Å². The summed E-state index contributed by atoms with van der Waals surface area (Å²) in [5.41, 5.74) is 1.81. The van der Waals surface area contributed by atoms with E-state index in [9.17, 15) is 9.18 Å². The molecule has 0 saturated heterocycles. The van der Waals surface area contributed by atoms with Crippen molar-refractivity contribution in [1.29, 1.82) is 0 Å². The molecule has 0 atom stereocenters. The highest BCUT2D eigenvalue weighted by Gasteiger charge is 2.14. The smallest absolute Gasteiger partial charge is 0.282 e. The predicted molar refractivity (Wildman–Crippen MR) is 135 cm³/mol. The molecule has 0 aliphatic carbocycles. The highest BCUT2D eigenvalue weighted by Crippen LogP contribution is 2.28. The third kappa shape index (κ3) is 5.17. The first kappa shape index (κ1) is 23.6. The Balaban J connectivity index is 1.64. The van der Waals surface area contributed by atoms with Crippen LogP contribution in [0.2, 0.25) is 0 Å². The minimum atomic E-state index is -0.314. The van der Waals surface area contributed by atoms with E-state index in [0.717, 1.165) is 4.47 Å². The third-order valence-electron chi connectivity index (χ3n) is 5.14. The minimum Gasteiger partial charge on any atom is -0.493 e. The van der Waals surface area contributed by atoms with E-state index < -0.39 is 0 Å². The summed E-state index contributed by atoms with van der Waals surface area (Å²) < 4.78 is 26.8. The molecule has 0 saturated carbocycles. The lowest BCUT2D eigenvalue weighted by Crippen LogP contribution is -2.23. The largest absolute Gasteiger partial charge is 0.493 e. The highest BCUT2D eigenvalue weighted by atomic mass is 79.9. The van der Waals surface area contributed by atoms with Gasteiger partial charge in [-0.2, -0.15) is 9.78 Å². The van der Waals surface area contributed by atoms with Gasteiger partial charge in [0.05, 0.1) is 24.2 Å². The molecular formula is C26H23BrFN3O3. The Kier molecular flexibility index (Phi) is 7.07. The molecule has 4 rings (SSSR count). The SMILES string of the molecule is COc1cc(C=Nn2c(C(C)C)nc3ccc(Br)cc3c2=O)ccc1OCc1cccc(F)c1. The van der Waals surface area contributed by atoms with Crippen LogP contribution in [0.3, 0.4) is 0 Å². The lowest BCUT2D eigenvalue weighted by atomic mass is 10.2. The second-order valence-electron chi connectivity index (χ2n) is 7.98. The second-order valence-corrected chi connectivity index (χ2v) is 8.89. The van der Waals surface area contributed by atoms with Gasteiger partial charge in [0.25, 0.3) is 5.56 Å². The van der Waals surface area contributed by atoms with Crippen LogP contribution in [0.25, 0.3) is 10.9 Å². The lowest BCUT2D eigenvalue weighted by Gasteiger charge is -2.13. The van der Waals surface area contributed by atoms with Crippen LogP contribution in [0.5, 0.6) is 11.5 Å². The van der Waals surface area contributed by atoms with E-state index in [4.69, 9.17) is 9.47 Å². The topological polar surface area (TPSA) is 65.7 Å². The van der Waals surface area contributed by atoms with Crippen LogP contribution in [0.1, 0.15) is 36.7 Å². The van der Waals surface area contributed by atoms with Gasteiger partial charge in [-0.3, -0.25) is 4.79 Å². The van der Waals surface area contributed by atoms with Crippen molar-refractivity contribution >= 4 is 33.0 Å². The van der Waals surface area contributed by atoms with Crippen molar-refractivity contribution in [2.45, 2.75) is 26.4 Å². The van der Waals surface area contributed by atoms with Gasteiger partial charge < -0.3 is 9.47 Å². The van der Waals surface area contributed by atoms with Gasteiger partial charge in [-0.1, -0.05) is 41.9 Å². The summed E-state index contributed by atoms with van der Waals surface area (Å²) in [6.45, 7) is 4.13. The highest BCUT2D eigenvalue weighted by molar-refractivity contribution is 9.10. The van der Waals surface area contributed by atoms with Crippen molar-refractivity contribution in [3.05, 3.63) is 98.3 Å². The third-order valence-corrected chi connectivity index (χ3v) is 5.64. The molecule has 0 bridgehead atoms. The summed E-state index contributed by atoms with van der Waals surface area (Å²) >= 11 is 3.41. The Bertz CT molecular complexity index is 1430. The predicted octanol–water partition coefficient (Wildman–Crippen LogP) is 5.89. The summed E-state index contributed by atoms with van der Waals surface area (Å²) in [5.74, 6) is 1.26. The summed E-state index contributed by atoms with van der Waals surface area (Å²) in [5, 5.41) is 4.93. The molecule has 8 heteroatoms. The van der Waals surface area contributed by atoms with Crippen LogP contribution >= 0.6 is 15.9 Å². The van der Waals surface area contributed by atoms with Crippen molar-refractivity contribution in [2.75, 3.05) is 7.11 Å². The van der Waals surface area contributed by atoms with E-state index in [0.29, 0.717) is 39.4 Å².